The second kappa shape index (κ2) is 11.9. The predicted octanol–water partition coefficient (Wildman–Crippen LogP) is 2.36. The Balaban J connectivity index is 0. The molecular weight excluding hydrogens is 136 g/mol. The molecule has 0 aliphatic carbocycles. The van der Waals surface area contributed by atoms with Crippen LogP contribution in [0, 0.1) is 0 Å². The van der Waals surface area contributed by atoms with E-state index in [0.717, 1.165) is 12.8 Å². The number of hydrogen-bond donors (Lipinski definition) is 1. The molecule has 0 fully saturated rings. The van der Waals surface area contributed by atoms with E-state index in [2.05, 4.69) is 11.9 Å². The van der Waals surface area contributed by atoms with Crippen LogP contribution in [0.5, 0.6) is 0 Å². The summed E-state index contributed by atoms with van der Waals surface area (Å²) in [7, 11) is 1.69. The van der Waals surface area contributed by atoms with E-state index in [1.807, 2.05) is 26.0 Å². The first-order valence-electron chi connectivity index (χ1n) is 4.20. The van der Waals surface area contributed by atoms with Crippen molar-refractivity contribution in [2.24, 2.45) is 10.7 Å². The van der Waals surface area contributed by atoms with Gasteiger partial charge in [-0.3, -0.25) is 4.99 Å². The minimum absolute atomic E-state index is 0.600. The number of nitrogens with zero attached hydrogens (tertiary/aromatic N) is 1. The summed E-state index contributed by atoms with van der Waals surface area (Å²) in [6.45, 7) is 6.13. The molecule has 0 saturated carbocycles. The summed E-state index contributed by atoms with van der Waals surface area (Å²) in [5.41, 5.74) is 5.38. The fourth-order valence-electron chi connectivity index (χ4n) is 0.445. The van der Waals surface area contributed by atoms with Crippen LogP contribution in [-0.4, -0.2) is 12.9 Å². The highest BCUT2D eigenvalue weighted by Gasteiger charge is 1.77. The van der Waals surface area contributed by atoms with Gasteiger partial charge in [0.2, 0.25) is 0 Å². The Morgan fingerprint density at radius 2 is 2.00 bits per heavy atom. The molecule has 0 amide bonds. The van der Waals surface area contributed by atoms with Crippen molar-refractivity contribution < 1.29 is 0 Å². The summed E-state index contributed by atoms with van der Waals surface area (Å²) in [4.78, 5) is 3.77. The van der Waals surface area contributed by atoms with Crippen molar-refractivity contribution in [3.05, 3.63) is 12.2 Å². The molecular formula is C9H20N2. The minimum atomic E-state index is 0.600. The van der Waals surface area contributed by atoms with Gasteiger partial charge in [0.05, 0.1) is 0 Å². The third-order valence-electron chi connectivity index (χ3n) is 1.00. The highest BCUT2D eigenvalue weighted by molar-refractivity contribution is 5.91. The average molecular weight is 156 g/mol. The molecule has 0 atom stereocenters. The molecule has 0 saturated heterocycles. The maximum absolute atomic E-state index is 5.38. The van der Waals surface area contributed by atoms with E-state index in [4.69, 9.17) is 5.73 Å². The second-order valence-corrected chi connectivity index (χ2v) is 1.84. The molecule has 0 aliphatic heterocycles. The third kappa shape index (κ3) is 12.4. The normalized spacial score (nSPS) is 11.1. The van der Waals surface area contributed by atoms with Crippen molar-refractivity contribution in [2.45, 2.75) is 33.6 Å². The lowest BCUT2D eigenvalue weighted by atomic mass is 10.3. The Bertz CT molecular complexity index is 115. The highest BCUT2D eigenvalue weighted by atomic mass is 14.8. The van der Waals surface area contributed by atoms with Crippen LogP contribution in [0.25, 0.3) is 0 Å². The summed E-state index contributed by atoms with van der Waals surface area (Å²) in [5.74, 6) is 0.600. The van der Waals surface area contributed by atoms with Crippen LogP contribution in [0.1, 0.15) is 33.6 Å². The summed E-state index contributed by atoms with van der Waals surface area (Å²) >= 11 is 0. The number of unbranched alkanes of at least 4 members (excludes halogenated alkanes) is 1. The van der Waals surface area contributed by atoms with E-state index >= 15 is 0 Å². The zero-order chi connectivity index (χ0) is 9.11. The number of allylic oxidation sites excluding steroid dienone is 1. The van der Waals surface area contributed by atoms with Crippen LogP contribution < -0.4 is 5.73 Å². The first kappa shape index (κ1) is 12.8. The van der Waals surface area contributed by atoms with E-state index in [-0.39, 0.29) is 0 Å². The lowest BCUT2D eigenvalue weighted by Crippen LogP contribution is -2.06. The van der Waals surface area contributed by atoms with Crippen LogP contribution in [-0.2, 0) is 0 Å². The number of aliphatic imine (C=N–C) groups is 1. The number of nitrogens with two attached hydrogens (primary N) is 1. The summed E-state index contributed by atoms with van der Waals surface area (Å²) in [6.07, 6.45) is 6.11. The third-order valence-corrected chi connectivity index (χ3v) is 1.00. The fourth-order valence-corrected chi connectivity index (χ4v) is 0.445. The maximum atomic E-state index is 5.38. The molecule has 0 spiro atoms. The minimum Gasteiger partial charge on any atom is -0.384 e. The summed E-state index contributed by atoms with van der Waals surface area (Å²) < 4.78 is 0. The largest absolute Gasteiger partial charge is 0.384 e. The molecule has 2 N–H and O–H groups in total. The van der Waals surface area contributed by atoms with E-state index < -0.39 is 0 Å². The first-order chi connectivity index (χ1) is 5.31. The Morgan fingerprint density at radius 3 is 2.36 bits per heavy atom. The van der Waals surface area contributed by atoms with Crippen LogP contribution in [0.4, 0.5) is 0 Å². The monoisotopic (exact) mass is 156 g/mol. The van der Waals surface area contributed by atoms with E-state index in [1.54, 1.807) is 7.05 Å². The predicted molar refractivity (Wildman–Crippen MR) is 52.9 cm³/mol. The van der Waals surface area contributed by atoms with Gasteiger partial charge in [0, 0.05) is 7.05 Å². The molecule has 0 aliphatic rings. The SMILES string of the molecule is CC.CCC/C=C\C(N)=NC. The Morgan fingerprint density at radius 1 is 1.45 bits per heavy atom. The van der Waals surface area contributed by atoms with Crippen LogP contribution in [0.3, 0.4) is 0 Å². The maximum Gasteiger partial charge on any atom is 0.117 e. The molecule has 2 heteroatoms. The molecule has 0 radical (unpaired) electrons. The lowest BCUT2D eigenvalue weighted by molar-refractivity contribution is 0.959. The molecule has 0 aromatic heterocycles. The van der Waals surface area contributed by atoms with Gasteiger partial charge in [0.15, 0.2) is 0 Å². The summed E-state index contributed by atoms with van der Waals surface area (Å²) in [5, 5.41) is 0. The van der Waals surface area contributed by atoms with Gasteiger partial charge >= 0.3 is 0 Å². The Kier molecular flexibility index (Phi) is 13.9. The Hall–Kier alpha value is -0.790. The van der Waals surface area contributed by atoms with Crippen molar-refractivity contribution in [1.82, 2.24) is 0 Å². The summed E-state index contributed by atoms with van der Waals surface area (Å²) in [6, 6.07) is 0. The van der Waals surface area contributed by atoms with Gasteiger partial charge in [-0.25, -0.2) is 0 Å². The van der Waals surface area contributed by atoms with Gasteiger partial charge in [-0.2, -0.15) is 0 Å². The molecule has 0 rings (SSSR count). The zero-order valence-electron chi connectivity index (χ0n) is 8.09. The van der Waals surface area contributed by atoms with E-state index in [9.17, 15) is 0 Å². The quantitative estimate of drug-likeness (QED) is 0.494. The molecule has 0 bridgehead atoms. The van der Waals surface area contributed by atoms with Crippen LogP contribution in [0.2, 0.25) is 0 Å². The number of hydrogen-bond acceptors (Lipinski definition) is 1. The molecule has 66 valence electrons. The van der Waals surface area contributed by atoms with Gasteiger partial charge < -0.3 is 5.73 Å². The standard InChI is InChI=1S/C7H14N2.C2H6/c1-3-4-5-6-7(8)9-2;1-2/h5-6H,3-4H2,1-2H3,(H2,8,9);1-2H3/b6-5-;. The van der Waals surface area contributed by atoms with Crippen molar-refractivity contribution in [2.75, 3.05) is 7.05 Å². The molecule has 2 nitrogen and oxygen atoms in total. The first-order valence-corrected chi connectivity index (χ1v) is 4.20. The van der Waals surface area contributed by atoms with E-state index in [0.29, 0.717) is 5.84 Å². The smallest absolute Gasteiger partial charge is 0.117 e. The molecule has 0 aromatic rings. The molecule has 0 unspecified atom stereocenters. The topological polar surface area (TPSA) is 38.4 Å². The van der Waals surface area contributed by atoms with Crippen LogP contribution in [0.15, 0.2) is 17.1 Å². The van der Waals surface area contributed by atoms with Crippen LogP contribution >= 0.6 is 0 Å². The fraction of sp³-hybridized carbons (Fsp3) is 0.667. The lowest BCUT2D eigenvalue weighted by Gasteiger charge is -1.86. The van der Waals surface area contributed by atoms with Crippen molar-refractivity contribution in [3.63, 3.8) is 0 Å². The van der Waals surface area contributed by atoms with Gasteiger partial charge in [-0.15, -0.1) is 0 Å². The highest BCUT2D eigenvalue weighted by Crippen LogP contribution is 1.87. The van der Waals surface area contributed by atoms with Crippen molar-refractivity contribution in [3.8, 4) is 0 Å². The van der Waals surface area contributed by atoms with E-state index in [1.165, 1.54) is 0 Å². The van der Waals surface area contributed by atoms with Gasteiger partial charge in [-0.1, -0.05) is 33.3 Å². The molecule has 11 heavy (non-hydrogen) atoms. The Labute approximate surface area is 70.2 Å². The number of amidine groups is 1. The molecule has 0 heterocycles. The average Bonchev–Trinajstić information content (AvgIpc) is 2.08. The van der Waals surface area contributed by atoms with Crippen molar-refractivity contribution in [1.29, 1.82) is 0 Å². The zero-order valence-corrected chi connectivity index (χ0v) is 8.09. The van der Waals surface area contributed by atoms with Gasteiger partial charge in [0.1, 0.15) is 5.84 Å². The van der Waals surface area contributed by atoms with Crippen molar-refractivity contribution >= 4 is 5.84 Å². The van der Waals surface area contributed by atoms with Gasteiger partial charge in [0.25, 0.3) is 0 Å². The number of rotatable bonds is 3. The second-order valence-electron chi connectivity index (χ2n) is 1.84. The van der Waals surface area contributed by atoms with Gasteiger partial charge in [-0.05, 0) is 12.5 Å². The molecule has 0 aromatic carbocycles.